The predicted molar refractivity (Wildman–Crippen MR) is 213 cm³/mol. The molecule has 0 aliphatic carbocycles. The van der Waals surface area contributed by atoms with Crippen molar-refractivity contribution in [2.75, 3.05) is 49.5 Å². The molecule has 3 fully saturated rings. The van der Waals surface area contributed by atoms with E-state index in [1.165, 1.54) is 12.1 Å². The van der Waals surface area contributed by atoms with E-state index in [4.69, 9.17) is 0 Å². The molecule has 3 aromatic carbocycles. The van der Waals surface area contributed by atoms with Crippen molar-refractivity contribution in [3.63, 3.8) is 0 Å². The Morgan fingerprint density at radius 1 is 0.914 bits per heavy atom. The first-order valence-corrected chi connectivity index (χ1v) is 19.6. The number of halogens is 3. The molecule has 1 atom stereocenters. The van der Waals surface area contributed by atoms with Crippen molar-refractivity contribution in [2.45, 2.75) is 57.3 Å². The SMILES string of the molecule is Cc1ccc(C(=O)Nc2ccc(N3CCN(C4CCN(Cc5ccccc5C5CCC(=O)NC5=O)CC4)CC3)c(C(F)(F)F)c2)cc1C#Cc1cnc2cccnn12. The van der Waals surface area contributed by atoms with Gasteiger partial charge in [0.2, 0.25) is 11.8 Å². The molecule has 0 spiro atoms. The second kappa shape index (κ2) is 16.4. The van der Waals surface area contributed by atoms with E-state index in [0.717, 1.165) is 55.2 Å². The number of rotatable bonds is 7. The number of piperazine rings is 1. The number of nitrogens with one attached hydrogen (secondary N) is 2. The Hall–Kier alpha value is -6.04. The number of aryl methyl sites for hydroxylation is 1. The lowest BCUT2D eigenvalue weighted by molar-refractivity contribution is -0.137. The number of amides is 3. The number of imidazole rings is 1. The maximum absolute atomic E-state index is 14.6. The van der Waals surface area contributed by atoms with Gasteiger partial charge in [-0.1, -0.05) is 36.3 Å². The minimum Gasteiger partial charge on any atom is -0.368 e. The van der Waals surface area contributed by atoms with Crippen LogP contribution in [-0.4, -0.2) is 87.4 Å². The van der Waals surface area contributed by atoms with Crippen LogP contribution in [0.1, 0.15) is 75.5 Å². The van der Waals surface area contributed by atoms with Crippen LogP contribution in [0.2, 0.25) is 0 Å². The van der Waals surface area contributed by atoms with Crippen LogP contribution in [-0.2, 0) is 22.3 Å². The molecule has 8 rings (SSSR count). The number of hydrogen-bond donors (Lipinski definition) is 2. The van der Waals surface area contributed by atoms with E-state index in [2.05, 4.69) is 48.4 Å². The molecule has 0 radical (unpaired) electrons. The highest BCUT2D eigenvalue weighted by molar-refractivity contribution is 6.04. The van der Waals surface area contributed by atoms with Crippen molar-refractivity contribution >= 4 is 34.7 Å². The summed E-state index contributed by atoms with van der Waals surface area (Å²) < 4.78 is 45.3. The van der Waals surface area contributed by atoms with Crippen molar-refractivity contribution in [3.05, 3.63) is 124 Å². The van der Waals surface area contributed by atoms with Crippen molar-refractivity contribution in [2.24, 2.45) is 0 Å². The number of likely N-dealkylation sites (tertiary alicyclic amines) is 1. The predicted octanol–water partition coefficient (Wildman–Crippen LogP) is 6.02. The van der Waals surface area contributed by atoms with Crippen LogP contribution < -0.4 is 15.5 Å². The van der Waals surface area contributed by atoms with E-state index >= 15 is 0 Å². The largest absolute Gasteiger partial charge is 0.418 e. The molecule has 5 aromatic rings. The smallest absolute Gasteiger partial charge is 0.368 e. The molecule has 298 valence electrons. The number of alkyl halides is 3. The van der Waals surface area contributed by atoms with Crippen molar-refractivity contribution < 1.29 is 27.6 Å². The quantitative estimate of drug-likeness (QED) is 0.152. The molecule has 2 N–H and O–H groups in total. The van der Waals surface area contributed by atoms with Crippen LogP contribution in [0.15, 0.2) is 85.2 Å². The minimum atomic E-state index is -4.63. The molecule has 0 saturated carbocycles. The lowest BCUT2D eigenvalue weighted by Crippen LogP contribution is -2.53. The number of imide groups is 1. The van der Waals surface area contributed by atoms with Gasteiger partial charge < -0.3 is 10.2 Å². The van der Waals surface area contributed by atoms with Crippen LogP contribution in [0.5, 0.6) is 0 Å². The van der Waals surface area contributed by atoms with E-state index in [1.54, 1.807) is 46.1 Å². The molecule has 3 amide bonds. The van der Waals surface area contributed by atoms with Crippen LogP contribution in [0.4, 0.5) is 24.5 Å². The number of hydrogen-bond acceptors (Lipinski definition) is 8. The summed E-state index contributed by atoms with van der Waals surface area (Å²) in [5, 5.41) is 9.40. The fourth-order valence-corrected chi connectivity index (χ4v) is 8.28. The highest BCUT2D eigenvalue weighted by Crippen LogP contribution is 2.39. The van der Waals surface area contributed by atoms with Crippen LogP contribution in [0.25, 0.3) is 5.65 Å². The number of carbonyl (C=O) groups excluding carboxylic acids is 3. The van der Waals surface area contributed by atoms with Crippen LogP contribution >= 0.6 is 0 Å². The number of benzene rings is 3. The van der Waals surface area contributed by atoms with Crippen LogP contribution in [0.3, 0.4) is 0 Å². The van der Waals surface area contributed by atoms with Gasteiger partial charge in [0.05, 0.1) is 17.7 Å². The molecule has 2 aromatic heterocycles. The Kier molecular flexibility index (Phi) is 11.0. The Bertz CT molecular complexity index is 2420. The topological polar surface area (TPSA) is 115 Å². The average molecular weight is 789 g/mol. The molecule has 5 heterocycles. The summed E-state index contributed by atoms with van der Waals surface area (Å²) in [4.78, 5) is 48.5. The third kappa shape index (κ3) is 8.46. The molecule has 11 nitrogen and oxygen atoms in total. The lowest BCUT2D eigenvalue weighted by Gasteiger charge is -2.44. The third-order valence-electron chi connectivity index (χ3n) is 11.5. The van der Waals surface area contributed by atoms with E-state index in [-0.39, 0.29) is 34.7 Å². The highest BCUT2D eigenvalue weighted by atomic mass is 19.4. The van der Waals surface area contributed by atoms with Crippen LogP contribution in [0, 0.1) is 18.8 Å². The molecule has 14 heteroatoms. The normalized spacial score (nSPS) is 18.5. The number of aromatic nitrogens is 3. The molecule has 3 saturated heterocycles. The molecular formula is C44H43F3N8O3. The highest BCUT2D eigenvalue weighted by Gasteiger charge is 2.37. The zero-order chi connectivity index (χ0) is 40.4. The fraction of sp³-hybridized carbons (Fsp3) is 0.341. The van der Waals surface area contributed by atoms with Gasteiger partial charge in [0.15, 0.2) is 5.65 Å². The van der Waals surface area contributed by atoms with E-state index in [0.29, 0.717) is 62.0 Å². The summed E-state index contributed by atoms with van der Waals surface area (Å²) in [5.74, 6) is 4.80. The summed E-state index contributed by atoms with van der Waals surface area (Å²) in [7, 11) is 0. The Morgan fingerprint density at radius 3 is 2.48 bits per heavy atom. The van der Waals surface area contributed by atoms with Gasteiger partial charge in [0.1, 0.15) is 5.69 Å². The zero-order valence-corrected chi connectivity index (χ0v) is 32.1. The van der Waals surface area contributed by atoms with Gasteiger partial charge >= 0.3 is 6.18 Å². The summed E-state index contributed by atoms with van der Waals surface area (Å²) >= 11 is 0. The summed E-state index contributed by atoms with van der Waals surface area (Å²) in [5.41, 5.74) is 4.37. The van der Waals surface area contributed by atoms with Gasteiger partial charge in [-0.25, -0.2) is 9.50 Å². The monoisotopic (exact) mass is 788 g/mol. The van der Waals surface area contributed by atoms with Crippen molar-refractivity contribution in [3.8, 4) is 11.8 Å². The molecule has 1 unspecified atom stereocenters. The summed E-state index contributed by atoms with van der Waals surface area (Å²) in [6.45, 7) is 6.52. The minimum absolute atomic E-state index is 0.0521. The van der Waals surface area contributed by atoms with Gasteiger partial charge in [0, 0.05) is 73.9 Å². The van der Waals surface area contributed by atoms with E-state index in [9.17, 15) is 27.6 Å². The van der Waals surface area contributed by atoms with E-state index < -0.39 is 17.6 Å². The van der Waals surface area contributed by atoms with Gasteiger partial charge in [-0.15, -0.1) is 0 Å². The number of nitrogens with zero attached hydrogens (tertiary/aromatic N) is 6. The average Bonchev–Trinajstić information content (AvgIpc) is 3.64. The fourth-order valence-electron chi connectivity index (χ4n) is 8.28. The maximum atomic E-state index is 14.6. The first-order chi connectivity index (χ1) is 28.0. The zero-order valence-electron chi connectivity index (χ0n) is 32.1. The van der Waals surface area contributed by atoms with Crippen molar-refractivity contribution in [1.29, 1.82) is 0 Å². The molecule has 3 aliphatic rings. The molecule has 58 heavy (non-hydrogen) atoms. The number of piperidine rings is 2. The lowest BCUT2D eigenvalue weighted by atomic mass is 9.87. The third-order valence-corrected chi connectivity index (χ3v) is 11.5. The van der Waals surface area contributed by atoms with Gasteiger partial charge in [-0.05, 0) is 104 Å². The standard InChI is InChI=1S/C44H43F3N8O3/c1-29-8-9-31(25-30(29)10-12-35-27-48-40-7-4-18-49-55(35)40)42(57)50-33-11-14-39(38(26-33)44(45,46)47)54-23-21-53(22-24-54)34-16-19-52(20-17-34)28-32-5-2-3-6-36(32)37-13-15-41(56)51-43(37)58/h2-9,11,14,18,25-27,34,37H,13,15-17,19-24,28H2,1H3,(H,50,57)(H,51,56,58). The van der Waals surface area contributed by atoms with E-state index in [1.807, 2.05) is 31.2 Å². The van der Waals surface area contributed by atoms with Gasteiger partial charge in [-0.3, -0.25) is 29.5 Å². The first-order valence-electron chi connectivity index (χ1n) is 19.6. The van der Waals surface area contributed by atoms with Gasteiger partial charge in [-0.2, -0.15) is 18.3 Å². The number of carbonyl (C=O) groups is 3. The molecule has 3 aliphatic heterocycles. The second-order valence-corrected chi connectivity index (χ2v) is 15.1. The van der Waals surface area contributed by atoms with Gasteiger partial charge in [0.25, 0.3) is 5.91 Å². The Balaban J connectivity index is 0.875. The number of fused-ring (bicyclic) bond motifs is 1. The van der Waals surface area contributed by atoms with Crippen molar-refractivity contribution in [1.82, 2.24) is 29.7 Å². The Labute approximate surface area is 334 Å². The summed E-state index contributed by atoms with van der Waals surface area (Å²) in [6.07, 6.45) is 1.35. The molecular weight excluding hydrogens is 746 g/mol. The Morgan fingerprint density at radius 2 is 1.71 bits per heavy atom. The second-order valence-electron chi connectivity index (χ2n) is 15.1. The molecule has 0 bridgehead atoms. The maximum Gasteiger partial charge on any atom is 0.418 e. The summed E-state index contributed by atoms with van der Waals surface area (Å²) in [6, 6.07) is 20.9. The number of anilines is 2. The first kappa shape index (κ1) is 38.8.